The summed E-state index contributed by atoms with van der Waals surface area (Å²) in [6.07, 6.45) is 2.75. The Morgan fingerprint density at radius 1 is 1.53 bits per heavy atom. The standard InChI is InChI=1S/C14H21NO2/c1-17-13-6-2-4-11(8-13)9-14(16)12-5-3-7-15-10-12/h2,4,6,8,12,14-16H,3,5,7,9-10H2,1H3. The van der Waals surface area contributed by atoms with Gasteiger partial charge in [-0.1, -0.05) is 12.1 Å². The average Bonchev–Trinajstić information content (AvgIpc) is 2.40. The number of hydrogen-bond acceptors (Lipinski definition) is 3. The summed E-state index contributed by atoms with van der Waals surface area (Å²) < 4.78 is 5.19. The molecule has 3 heteroatoms. The van der Waals surface area contributed by atoms with Crippen molar-refractivity contribution in [3.05, 3.63) is 29.8 Å². The molecule has 2 atom stereocenters. The van der Waals surface area contributed by atoms with Gasteiger partial charge in [0.15, 0.2) is 0 Å². The number of nitrogens with one attached hydrogen (secondary N) is 1. The van der Waals surface area contributed by atoms with Gasteiger partial charge in [0.25, 0.3) is 0 Å². The zero-order valence-corrected chi connectivity index (χ0v) is 10.4. The van der Waals surface area contributed by atoms with Gasteiger partial charge in [-0.2, -0.15) is 0 Å². The zero-order chi connectivity index (χ0) is 12.1. The van der Waals surface area contributed by atoms with Crippen LogP contribution in [0.4, 0.5) is 0 Å². The molecule has 2 unspecified atom stereocenters. The van der Waals surface area contributed by atoms with E-state index in [1.807, 2.05) is 24.3 Å². The fourth-order valence-corrected chi connectivity index (χ4v) is 2.41. The lowest BCUT2D eigenvalue weighted by atomic mass is 9.90. The molecular formula is C14H21NO2. The Bertz CT molecular complexity index is 348. The molecular weight excluding hydrogens is 214 g/mol. The summed E-state index contributed by atoms with van der Waals surface area (Å²) in [5, 5.41) is 13.5. The third-order valence-corrected chi connectivity index (χ3v) is 3.46. The SMILES string of the molecule is COc1cccc(CC(O)C2CCCNC2)c1. The largest absolute Gasteiger partial charge is 0.497 e. The molecule has 0 spiro atoms. The maximum absolute atomic E-state index is 10.2. The Morgan fingerprint density at radius 2 is 2.41 bits per heavy atom. The topological polar surface area (TPSA) is 41.5 Å². The van der Waals surface area contributed by atoms with E-state index >= 15 is 0 Å². The number of aliphatic hydroxyl groups excluding tert-OH is 1. The first kappa shape index (κ1) is 12.4. The Morgan fingerprint density at radius 3 is 3.12 bits per heavy atom. The second kappa shape index (κ2) is 6.03. The number of aliphatic hydroxyl groups is 1. The molecule has 0 radical (unpaired) electrons. The average molecular weight is 235 g/mol. The van der Waals surface area contributed by atoms with Crippen molar-refractivity contribution in [1.29, 1.82) is 0 Å². The van der Waals surface area contributed by atoms with Crippen LogP contribution in [0.3, 0.4) is 0 Å². The molecule has 1 aromatic rings. The molecule has 1 aromatic carbocycles. The van der Waals surface area contributed by atoms with Crippen LogP contribution in [0.15, 0.2) is 24.3 Å². The second-order valence-corrected chi connectivity index (χ2v) is 4.73. The van der Waals surface area contributed by atoms with Gasteiger partial charge in [-0.25, -0.2) is 0 Å². The van der Waals surface area contributed by atoms with Gasteiger partial charge in [0.1, 0.15) is 5.75 Å². The molecule has 94 valence electrons. The van der Waals surface area contributed by atoms with E-state index in [9.17, 15) is 5.11 Å². The van der Waals surface area contributed by atoms with E-state index in [2.05, 4.69) is 5.32 Å². The highest BCUT2D eigenvalue weighted by Gasteiger charge is 2.21. The summed E-state index contributed by atoms with van der Waals surface area (Å²) in [6, 6.07) is 7.94. The summed E-state index contributed by atoms with van der Waals surface area (Å²) in [4.78, 5) is 0. The van der Waals surface area contributed by atoms with E-state index < -0.39 is 0 Å². The smallest absolute Gasteiger partial charge is 0.119 e. The molecule has 0 amide bonds. The van der Waals surface area contributed by atoms with Gasteiger partial charge in [0.05, 0.1) is 13.2 Å². The van der Waals surface area contributed by atoms with Crippen molar-refractivity contribution < 1.29 is 9.84 Å². The zero-order valence-electron chi connectivity index (χ0n) is 10.4. The van der Waals surface area contributed by atoms with Gasteiger partial charge in [-0.3, -0.25) is 0 Å². The van der Waals surface area contributed by atoms with Gasteiger partial charge in [0, 0.05) is 6.54 Å². The van der Waals surface area contributed by atoms with Crippen LogP contribution in [0, 0.1) is 5.92 Å². The van der Waals surface area contributed by atoms with Crippen molar-refractivity contribution in [2.75, 3.05) is 20.2 Å². The van der Waals surface area contributed by atoms with Crippen LogP contribution in [-0.2, 0) is 6.42 Å². The van der Waals surface area contributed by atoms with E-state index in [0.717, 1.165) is 30.8 Å². The number of ether oxygens (including phenoxy) is 1. The normalized spacial score (nSPS) is 22.1. The van der Waals surface area contributed by atoms with E-state index in [1.165, 1.54) is 6.42 Å². The predicted octanol–water partition coefficient (Wildman–Crippen LogP) is 1.60. The minimum Gasteiger partial charge on any atom is -0.497 e. The summed E-state index contributed by atoms with van der Waals surface area (Å²) in [6.45, 7) is 2.02. The lowest BCUT2D eigenvalue weighted by molar-refractivity contribution is 0.0922. The van der Waals surface area contributed by atoms with Crippen LogP contribution in [-0.4, -0.2) is 31.4 Å². The van der Waals surface area contributed by atoms with Crippen molar-refractivity contribution in [3.63, 3.8) is 0 Å². The van der Waals surface area contributed by atoms with Crippen molar-refractivity contribution in [3.8, 4) is 5.75 Å². The lowest BCUT2D eigenvalue weighted by Gasteiger charge is -2.27. The van der Waals surface area contributed by atoms with E-state index in [1.54, 1.807) is 7.11 Å². The minimum atomic E-state index is -0.255. The van der Waals surface area contributed by atoms with Crippen LogP contribution >= 0.6 is 0 Å². The molecule has 1 aliphatic heterocycles. The molecule has 2 rings (SSSR count). The molecule has 1 saturated heterocycles. The Labute approximate surface area is 103 Å². The first-order valence-corrected chi connectivity index (χ1v) is 6.31. The van der Waals surface area contributed by atoms with Crippen LogP contribution < -0.4 is 10.1 Å². The highest BCUT2D eigenvalue weighted by Crippen LogP contribution is 2.20. The third kappa shape index (κ3) is 3.45. The summed E-state index contributed by atoms with van der Waals surface area (Å²) in [5.74, 6) is 1.24. The molecule has 1 heterocycles. The molecule has 0 saturated carbocycles. The Kier molecular flexibility index (Phi) is 4.40. The fourth-order valence-electron chi connectivity index (χ4n) is 2.41. The number of benzene rings is 1. The summed E-state index contributed by atoms with van der Waals surface area (Å²) in [7, 11) is 1.67. The Balaban J connectivity index is 1.94. The number of methoxy groups -OCH3 is 1. The van der Waals surface area contributed by atoms with Crippen molar-refractivity contribution >= 4 is 0 Å². The molecule has 3 nitrogen and oxygen atoms in total. The van der Waals surface area contributed by atoms with E-state index in [0.29, 0.717) is 12.3 Å². The summed E-state index contributed by atoms with van der Waals surface area (Å²) >= 11 is 0. The van der Waals surface area contributed by atoms with Crippen LogP contribution in [0.5, 0.6) is 5.75 Å². The lowest BCUT2D eigenvalue weighted by Crippen LogP contribution is -2.37. The van der Waals surface area contributed by atoms with Crippen LogP contribution in [0.25, 0.3) is 0 Å². The highest BCUT2D eigenvalue weighted by molar-refractivity contribution is 5.28. The van der Waals surface area contributed by atoms with Crippen molar-refractivity contribution in [2.24, 2.45) is 5.92 Å². The molecule has 17 heavy (non-hydrogen) atoms. The predicted molar refractivity (Wildman–Crippen MR) is 68.3 cm³/mol. The molecule has 2 N–H and O–H groups in total. The minimum absolute atomic E-state index is 0.255. The third-order valence-electron chi connectivity index (χ3n) is 3.46. The first-order chi connectivity index (χ1) is 8.29. The molecule has 1 aliphatic rings. The molecule has 1 fully saturated rings. The second-order valence-electron chi connectivity index (χ2n) is 4.73. The van der Waals surface area contributed by atoms with Gasteiger partial charge in [0.2, 0.25) is 0 Å². The maximum atomic E-state index is 10.2. The van der Waals surface area contributed by atoms with Gasteiger partial charge in [-0.15, -0.1) is 0 Å². The highest BCUT2D eigenvalue weighted by atomic mass is 16.5. The van der Waals surface area contributed by atoms with Crippen molar-refractivity contribution in [2.45, 2.75) is 25.4 Å². The number of rotatable bonds is 4. The summed E-state index contributed by atoms with van der Waals surface area (Å²) in [5.41, 5.74) is 1.14. The molecule has 0 aliphatic carbocycles. The van der Waals surface area contributed by atoms with E-state index in [-0.39, 0.29) is 6.10 Å². The van der Waals surface area contributed by atoms with Crippen LogP contribution in [0.2, 0.25) is 0 Å². The molecule has 0 bridgehead atoms. The van der Waals surface area contributed by atoms with Gasteiger partial charge < -0.3 is 15.2 Å². The number of piperidine rings is 1. The van der Waals surface area contributed by atoms with E-state index in [4.69, 9.17) is 4.74 Å². The monoisotopic (exact) mass is 235 g/mol. The first-order valence-electron chi connectivity index (χ1n) is 6.31. The number of hydrogen-bond donors (Lipinski definition) is 2. The van der Waals surface area contributed by atoms with Gasteiger partial charge in [-0.05, 0) is 49.4 Å². The van der Waals surface area contributed by atoms with Crippen molar-refractivity contribution in [1.82, 2.24) is 5.32 Å². The fraction of sp³-hybridized carbons (Fsp3) is 0.571. The Hall–Kier alpha value is -1.06. The quantitative estimate of drug-likeness (QED) is 0.833. The maximum Gasteiger partial charge on any atom is 0.119 e. The van der Waals surface area contributed by atoms with Gasteiger partial charge >= 0.3 is 0 Å². The molecule has 0 aromatic heterocycles. The van der Waals surface area contributed by atoms with Crippen LogP contribution in [0.1, 0.15) is 18.4 Å².